The Hall–Kier alpha value is -2.11. The molecule has 1 fully saturated rings. The van der Waals surface area contributed by atoms with Gasteiger partial charge in [-0.3, -0.25) is 14.9 Å². The van der Waals surface area contributed by atoms with Crippen LogP contribution in [-0.4, -0.2) is 35.9 Å². The first-order valence-corrected chi connectivity index (χ1v) is 7.32. The average molecular weight is 291 g/mol. The summed E-state index contributed by atoms with van der Waals surface area (Å²) in [6, 6.07) is 4.82. The van der Waals surface area contributed by atoms with Crippen molar-refractivity contribution in [3.63, 3.8) is 0 Å². The highest BCUT2D eigenvalue weighted by Crippen LogP contribution is 2.31. The van der Waals surface area contributed by atoms with Crippen LogP contribution < -0.4 is 5.32 Å². The third-order valence-electron chi connectivity index (χ3n) is 3.99. The third kappa shape index (κ3) is 3.15. The Labute approximate surface area is 124 Å². The van der Waals surface area contributed by atoms with Gasteiger partial charge < -0.3 is 10.2 Å². The van der Waals surface area contributed by atoms with E-state index < -0.39 is 4.92 Å². The van der Waals surface area contributed by atoms with Crippen LogP contribution in [0.4, 0.5) is 11.4 Å². The second kappa shape index (κ2) is 6.56. The summed E-state index contributed by atoms with van der Waals surface area (Å²) in [5.74, 6) is 0.280. The van der Waals surface area contributed by atoms with Gasteiger partial charge in [-0.1, -0.05) is 19.4 Å². The fraction of sp³-hybridized carbons (Fsp3) is 0.533. The summed E-state index contributed by atoms with van der Waals surface area (Å²) in [6.45, 7) is 3.52. The zero-order valence-electron chi connectivity index (χ0n) is 12.5. The molecule has 0 radical (unpaired) electrons. The van der Waals surface area contributed by atoms with Crippen LogP contribution in [0.3, 0.4) is 0 Å². The lowest BCUT2D eigenvalue weighted by molar-refractivity contribution is -0.384. The lowest BCUT2D eigenvalue weighted by atomic mass is 10.0. The smallest absolute Gasteiger partial charge is 0.305 e. The van der Waals surface area contributed by atoms with Crippen LogP contribution in [0.15, 0.2) is 18.2 Å². The Morgan fingerprint density at radius 3 is 2.90 bits per heavy atom. The largest absolute Gasteiger partial charge is 0.383 e. The maximum atomic E-state index is 12.6. The van der Waals surface area contributed by atoms with Gasteiger partial charge >= 0.3 is 5.69 Å². The van der Waals surface area contributed by atoms with Crippen LogP contribution in [0.2, 0.25) is 0 Å². The van der Waals surface area contributed by atoms with E-state index in [1.165, 1.54) is 6.07 Å². The van der Waals surface area contributed by atoms with Crippen LogP contribution in [0, 0.1) is 16.0 Å². The predicted octanol–water partition coefficient (Wildman–Crippen LogP) is 2.90. The van der Waals surface area contributed by atoms with Crippen molar-refractivity contribution in [2.45, 2.75) is 26.2 Å². The zero-order chi connectivity index (χ0) is 15.4. The molecule has 0 spiro atoms. The molecule has 6 heteroatoms. The van der Waals surface area contributed by atoms with E-state index >= 15 is 0 Å². The number of carbonyl (C=O) groups is 1. The van der Waals surface area contributed by atoms with Crippen LogP contribution >= 0.6 is 0 Å². The summed E-state index contributed by atoms with van der Waals surface area (Å²) in [4.78, 5) is 25.1. The van der Waals surface area contributed by atoms with Gasteiger partial charge in [0, 0.05) is 20.1 Å². The molecule has 2 rings (SSSR count). The van der Waals surface area contributed by atoms with Gasteiger partial charge in [-0.05, 0) is 30.9 Å². The van der Waals surface area contributed by atoms with Gasteiger partial charge in [0.1, 0.15) is 11.3 Å². The maximum absolute atomic E-state index is 12.6. The topological polar surface area (TPSA) is 75.5 Å². The van der Waals surface area contributed by atoms with Crippen molar-refractivity contribution < 1.29 is 9.72 Å². The van der Waals surface area contributed by atoms with Crippen molar-refractivity contribution in [2.75, 3.05) is 25.5 Å². The molecule has 1 N–H and O–H groups in total. The molecule has 0 saturated carbocycles. The highest BCUT2D eigenvalue weighted by molar-refractivity contribution is 6.00. The monoisotopic (exact) mass is 291 g/mol. The number of rotatable bonds is 5. The zero-order valence-corrected chi connectivity index (χ0v) is 12.5. The Kier molecular flexibility index (Phi) is 4.77. The highest BCUT2D eigenvalue weighted by Gasteiger charge is 2.31. The minimum absolute atomic E-state index is 0.135. The van der Waals surface area contributed by atoms with E-state index in [4.69, 9.17) is 0 Å². The van der Waals surface area contributed by atoms with E-state index in [1.807, 2.05) is 0 Å². The van der Waals surface area contributed by atoms with Gasteiger partial charge in [0.25, 0.3) is 5.91 Å². The van der Waals surface area contributed by atoms with Gasteiger partial charge in [0.05, 0.1) is 4.92 Å². The van der Waals surface area contributed by atoms with Gasteiger partial charge in [-0.15, -0.1) is 0 Å². The summed E-state index contributed by atoms with van der Waals surface area (Å²) >= 11 is 0. The third-order valence-corrected chi connectivity index (χ3v) is 3.99. The number of hydrogen-bond acceptors (Lipinski definition) is 4. The molecule has 0 aromatic heterocycles. The summed E-state index contributed by atoms with van der Waals surface area (Å²) in [5.41, 5.74) is 0.406. The fourth-order valence-corrected chi connectivity index (χ4v) is 2.95. The fourth-order valence-electron chi connectivity index (χ4n) is 2.95. The van der Waals surface area contributed by atoms with Crippen LogP contribution in [-0.2, 0) is 0 Å². The Morgan fingerprint density at radius 1 is 1.52 bits per heavy atom. The summed E-state index contributed by atoms with van der Waals surface area (Å²) < 4.78 is 0. The van der Waals surface area contributed by atoms with Crippen molar-refractivity contribution in [1.82, 2.24) is 4.90 Å². The molecule has 1 aromatic rings. The Bertz CT molecular complexity index is 545. The molecule has 1 aliphatic heterocycles. The second-order valence-corrected chi connectivity index (χ2v) is 5.40. The first-order chi connectivity index (χ1) is 10.1. The van der Waals surface area contributed by atoms with Gasteiger partial charge in [-0.2, -0.15) is 0 Å². The van der Waals surface area contributed by atoms with Crippen molar-refractivity contribution >= 4 is 17.3 Å². The number of nitrogens with zero attached hydrogens (tertiary/aromatic N) is 2. The number of anilines is 1. The second-order valence-electron chi connectivity index (χ2n) is 5.40. The van der Waals surface area contributed by atoms with E-state index in [0.717, 1.165) is 19.3 Å². The number of amides is 1. The number of hydrogen-bond donors (Lipinski definition) is 1. The van der Waals surface area contributed by atoms with Crippen molar-refractivity contribution in [2.24, 2.45) is 5.92 Å². The summed E-state index contributed by atoms with van der Waals surface area (Å²) in [7, 11) is 1.61. The van der Waals surface area contributed by atoms with E-state index in [-0.39, 0.29) is 17.2 Å². The minimum Gasteiger partial charge on any atom is -0.383 e. The molecule has 1 heterocycles. The molecule has 1 aromatic carbocycles. The quantitative estimate of drug-likeness (QED) is 0.668. The standard InChI is InChI=1S/C15H21N3O3/c1-3-5-11-8-9-17(10-11)15(19)12-6-4-7-13(16-2)14(12)18(20)21/h4,6-7,11,16H,3,5,8-10H2,1-2H3. The molecular formula is C15H21N3O3. The number of nitro benzene ring substituents is 1. The van der Waals surface area contributed by atoms with Crippen molar-refractivity contribution in [1.29, 1.82) is 0 Å². The number of likely N-dealkylation sites (tertiary alicyclic amines) is 1. The average Bonchev–Trinajstić information content (AvgIpc) is 2.94. The van der Waals surface area contributed by atoms with E-state index in [0.29, 0.717) is 24.7 Å². The van der Waals surface area contributed by atoms with Crippen LogP contribution in [0.5, 0.6) is 0 Å². The molecule has 1 amide bonds. The van der Waals surface area contributed by atoms with Crippen molar-refractivity contribution in [3.05, 3.63) is 33.9 Å². The molecule has 21 heavy (non-hydrogen) atoms. The van der Waals surface area contributed by atoms with E-state index in [1.54, 1.807) is 24.1 Å². The Morgan fingerprint density at radius 2 is 2.29 bits per heavy atom. The van der Waals surface area contributed by atoms with Gasteiger partial charge in [0.15, 0.2) is 0 Å². The maximum Gasteiger partial charge on any atom is 0.305 e. The first-order valence-electron chi connectivity index (χ1n) is 7.32. The van der Waals surface area contributed by atoms with Crippen LogP contribution in [0.25, 0.3) is 0 Å². The molecule has 1 atom stereocenters. The number of carbonyl (C=O) groups excluding carboxylic acids is 1. The van der Waals surface area contributed by atoms with E-state index in [2.05, 4.69) is 12.2 Å². The number of benzene rings is 1. The molecule has 1 unspecified atom stereocenters. The van der Waals surface area contributed by atoms with Gasteiger partial charge in [-0.25, -0.2) is 0 Å². The summed E-state index contributed by atoms with van der Waals surface area (Å²) in [6.07, 6.45) is 3.18. The van der Waals surface area contributed by atoms with Crippen LogP contribution in [0.1, 0.15) is 36.5 Å². The molecule has 0 aliphatic carbocycles. The summed E-state index contributed by atoms with van der Waals surface area (Å²) in [5, 5.41) is 14.1. The SMILES string of the molecule is CCCC1CCN(C(=O)c2cccc(NC)c2[N+](=O)[O-])C1. The van der Waals surface area contributed by atoms with Gasteiger partial charge in [0.2, 0.25) is 0 Å². The predicted molar refractivity (Wildman–Crippen MR) is 81.6 cm³/mol. The molecule has 1 saturated heterocycles. The number of nitrogens with one attached hydrogen (secondary N) is 1. The van der Waals surface area contributed by atoms with E-state index in [9.17, 15) is 14.9 Å². The molecule has 1 aliphatic rings. The Balaban J connectivity index is 2.26. The minimum atomic E-state index is -0.487. The normalized spacial score (nSPS) is 17.8. The number of nitro groups is 1. The highest BCUT2D eigenvalue weighted by atomic mass is 16.6. The first kappa shape index (κ1) is 15.3. The number of para-hydroxylation sites is 1. The molecule has 114 valence electrons. The molecule has 0 bridgehead atoms. The lowest BCUT2D eigenvalue weighted by Gasteiger charge is -2.17. The molecular weight excluding hydrogens is 270 g/mol. The van der Waals surface area contributed by atoms with Crippen molar-refractivity contribution in [3.8, 4) is 0 Å². The molecule has 6 nitrogen and oxygen atoms in total. The lowest BCUT2D eigenvalue weighted by Crippen LogP contribution is -2.29.